The largest absolute Gasteiger partial charge is 0.441 e. The normalized spacial score (nSPS) is 20.5. The molecular weight excluding hydrogens is 332 g/mol. The molecule has 2 aliphatic heterocycles. The van der Waals surface area contributed by atoms with E-state index < -0.39 is 5.60 Å². The standard InChI is InChI=1S/C19H30N4O3/c1-4-6-15(3)22-14-19(26-18(22)25)8-12-21(13-9-19)17(24)16-7-10-20-23(16)11-5-2/h7,10,15H,4-6,8-9,11-14H2,1-3H3/t15-/m1/s1. The van der Waals surface area contributed by atoms with Gasteiger partial charge in [-0.1, -0.05) is 20.3 Å². The topological polar surface area (TPSA) is 67.7 Å². The lowest BCUT2D eigenvalue weighted by Gasteiger charge is -2.37. The van der Waals surface area contributed by atoms with Gasteiger partial charge in [0.1, 0.15) is 11.3 Å². The molecule has 2 fully saturated rings. The van der Waals surface area contributed by atoms with Crippen molar-refractivity contribution in [2.75, 3.05) is 19.6 Å². The molecule has 0 aromatic carbocycles. The number of hydrogen-bond donors (Lipinski definition) is 0. The zero-order chi connectivity index (χ0) is 18.7. The van der Waals surface area contributed by atoms with Crippen molar-refractivity contribution < 1.29 is 14.3 Å². The van der Waals surface area contributed by atoms with Crippen molar-refractivity contribution in [2.24, 2.45) is 0 Å². The van der Waals surface area contributed by atoms with Crippen LogP contribution in [0.5, 0.6) is 0 Å². The van der Waals surface area contributed by atoms with Gasteiger partial charge in [0, 0.05) is 44.7 Å². The van der Waals surface area contributed by atoms with Crippen molar-refractivity contribution in [3.63, 3.8) is 0 Å². The van der Waals surface area contributed by atoms with Crippen molar-refractivity contribution in [1.29, 1.82) is 0 Å². The van der Waals surface area contributed by atoms with Gasteiger partial charge in [-0.3, -0.25) is 9.48 Å². The van der Waals surface area contributed by atoms with Crippen LogP contribution in [0.4, 0.5) is 4.79 Å². The van der Waals surface area contributed by atoms with Crippen molar-refractivity contribution in [1.82, 2.24) is 19.6 Å². The third-order valence-electron chi connectivity index (χ3n) is 5.57. The number of ether oxygens (including phenoxy) is 1. The first-order chi connectivity index (χ1) is 12.5. The van der Waals surface area contributed by atoms with Gasteiger partial charge in [-0.25, -0.2) is 4.79 Å². The molecule has 1 spiro atoms. The number of carbonyl (C=O) groups is 2. The molecule has 144 valence electrons. The summed E-state index contributed by atoms with van der Waals surface area (Å²) in [6.07, 6.45) is 5.84. The van der Waals surface area contributed by atoms with Crippen LogP contribution in [0.1, 0.15) is 63.4 Å². The van der Waals surface area contributed by atoms with Crippen LogP contribution in [0.3, 0.4) is 0 Å². The van der Waals surface area contributed by atoms with Crippen LogP contribution in [0, 0.1) is 0 Å². The third kappa shape index (κ3) is 3.57. The highest BCUT2D eigenvalue weighted by Crippen LogP contribution is 2.35. The number of aromatic nitrogens is 2. The van der Waals surface area contributed by atoms with E-state index in [1.54, 1.807) is 16.9 Å². The second kappa shape index (κ2) is 7.68. The Hall–Kier alpha value is -2.05. The van der Waals surface area contributed by atoms with Crippen LogP contribution in [0.2, 0.25) is 0 Å². The summed E-state index contributed by atoms with van der Waals surface area (Å²) >= 11 is 0. The van der Waals surface area contributed by atoms with Gasteiger partial charge in [-0.05, 0) is 25.8 Å². The Balaban J connectivity index is 1.61. The average Bonchev–Trinajstić information content (AvgIpc) is 3.20. The van der Waals surface area contributed by atoms with E-state index in [-0.39, 0.29) is 18.0 Å². The molecule has 0 radical (unpaired) electrons. The van der Waals surface area contributed by atoms with E-state index in [4.69, 9.17) is 4.74 Å². The molecule has 0 aliphatic carbocycles. The van der Waals surface area contributed by atoms with Gasteiger partial charge in [-0.2, -0.15) is 5.10 Å². The highest BCUT2D eigenvalue weighted by Gasteiger charge is 2.48. The highest BCUT2D eigenvalue weighted by molar-refractivity contribution is 5.92. The summed E-state index contributed by atoms with van der Waals surface area (Å²) in [5.41, 5.74) is 0.212. The second-order valence-corrected chi connectivity index (χ2v) is 7.55. The molecule has 2 saturated heterocycles. The van der Waals surface area contributed by atoms with Crippen LogP contribution >= 0.6 is 0 Å². The zero-order valence-corrected chi connectivity index (χ0v) is 16.1. The molecule has 0 N–H and O–H groups in total. The summed E-state index contributed by atoms with van der Waals surface area (Å²) < 4.78 is 7.56. The van der Waals surface area contributed by atoms with Gasteiger partial charge in [0.25, 0.3) is 5.91 Å². The number of likely N-dealkylation sites (tertiary alicyclic amines) is 1. The minimum Gasteiger partial charge on any atom is -0.441 e. The van der Waals surface area contributed by atoms with Crippen LogP contribution in [-0.2, 0) is 11.3 Å². The maximum atomic E-state index is 12.8. The van der Waals surface area contributed by atoms with Crippen molar-refractivity contribution in [2.45, 2.75) is 71.1 Å². The molecule has 0 unspecified atom stereocenters. The maximum absolute atomic E-state index is 12.8. The molecule has 1 aromatic heterocycles. The Bertz CT molecular complexity index is 649. The first-order valence-electron chi connectivity index (χ1n) is 9.80. The van der Waals surface area contributed by atoms with E-state index in [2.05, 4.69) is 25.9 Å². The van der Waals surface area contributed by atoms with E-state index in [0.717, 1.165) is 25.8 Å². The van der Waals surface area contributed by atoms with Gasteiger partial charge >= 0.3 is 6.09 Å². The Morgan fingerprint density at radius 3 is 2.69 bits per heavy atom. The fourth-order valence-corrected chi connectivity index (χ4v) is 4.00. The van der Waals surface area contributed by atoms with Gasteiger partial charge in [0.2, 0.25) is 0 Å². The molecule has 0 bridgehead atoms. The molecule has 2 amide bonds. The van der Waals surface area contributed by atoms with Gasteiger partial charge < -0.3 is 14.5 Å². The fraction of sp³-hybridized carbons (Fsp3) is 0.737. The van der Waals surface area contributed by atoms with E-state index in [1.807, 2.05) is 9.80 Å². The average molecular weight is 362 g/mol. The number of hydrogen-bond acceptors (Lipinski definition) is 4. The number of carbonyl (C=O) groups excluding carboxylic acids is 2. The first-order valence-corrected chi connectivity index (χ1v) is 9.80. The van der Waals surface area contributed by atoms with Crippen molar-refractivity contribution in [3.05, 3.63) is 18.0 Å². The lowest BCUT2D eigenvalue weighted by molar-refractivity contribution is 0.00273. The summed E-state index contributed by atoms with van der Waals surface area (Å²) in [6, 6.07) is 1.99. The molecular formula is C19H30N4O3. The van der Waals surface area contributed by atoms with Gasteiger partial charge in [0.15, 0.2) is 0 Å². The number of rotatable bonds is 6. The van der Waals surface area contributed by atoms with Crippen LogP contribution < -0.4 is 0 Å². The first kappa shape index (κ1) is 18.7. The minimum atomic E-state index is -0.431. The van der Waals surface area contributed by atoms with E-state index in [9.17, 15) is 9.59 Å². The van der Waals surface area contributed by atoms with Gasteiger partial charge in [0.05, 0.1) is 6.54 Å². The lowest BCUT2D eigenvalue weighted by atomic mass is 9.90. The molecule has 2 aliphatic rings. The number of amides is 2. The Labute approximate surface area is 155 Å². The number of aryl methyl sites for hydroxylation is 1. The summed E-state index contributed by atoms with van der Waals surface area (Å²) in [6.45, 7) is 8.88. The van der Waals surface area contributed by atoms with Gasteiger partial charge in [-0.15, -0.1) is 0 Å². The smallest absolute Gasteiger partial charge is 0.410 e. The molecule has 3 rings (SSSR count). The Morgan fingerprint density at radius 2 is 2.04 bits per heavy atom. The molecule has 1 atom stereocenters. The number of nitrogens with zero attached hydrogens (tertiary/aromatic N) is 4. The predicted molar refractivity (Wildman–Crippen MR) is 97.9 cm³/mol. The summed E-state index contributed by atoms with van der Waals surface area (Å²) in [5.74, 6) is 0.0198. The molecule has 7 nitrogen and oxygen atoms in total. The predicted octanol–water partition coefficient (Wildman–Crippen LogP) is 2.91. The second-order valence-electron chi connectivity index (χ2n) is 7.55. The Morgan fingerprint density at radius 1 is 1.31 bits per heavy atom. The SMILES string of the molecule is CCC[C@@H](C)N1CC2(CCN(C(=O)c3ccnn3CCC)CC2)OC1=O. The fourth-order valence-electron chi connectivity index (χ4n) is 4.00. The summed E-state index contributed by atoms with van der Waals surface area (Å²) in [5, 5.41) is 4.24. The van der Waals surface area contributed by atoms with E-state index in [1.165, 1.54) is 0 Å². The summed E-state index contributed by atoms with van der Waals surface area (Å²) in [7, 11) is 0. The molecule has 1 aromatic rings. The molecule has 26 heavy (non-hydrogen) atoms. The lowest BCUT2D eigenvalue weighted by Crippen LogP contribution is -2.49. The van der Waals surface area contributed by atoms with Crippen molar-refractivity contribution >= 4 is 12.0 Å². The maximum Gasteiger partial charge on any atom is 0.410 e. The zero-order valence-electron chi connectivity index (χ0n) is 16.1. The monoisotopic (exact) mass is 362 g/mol. The van der Waals surface area contributed by atoms with Crippen molar-refractivity contribution in [3.8, 4) is 0 Å². The minimum absolute atomic E-state index is 0.0198. The highest BCUT2D eigenvalue weighted by atomic mass is 16.6. The third-order valence-corrected chi connectivity index (χ3v) is 5.57. The number of piperidine rings is 1. The molecule has 7 heteroatoms. The quantitative estimate of drug-likeness (QED) is 0.780. The van der Waals surface area contributed by atoms with Crippen LogP contribution in [0.15, 0.2) is 12.3 Å². The van der Waals surface area contributed by atoms with Crippen LogP contribution in [0.25, 0.3) is 0 Å². The Kier molecular flexibility index (Phi) is 5.53. The molecule has 3 heterocycles. The van der Waals surface area contributed by atoms with E-state index in [0.29, 0.717) is 38.2 Å². The van der Waals surface area contributed by atoms with E-state index >= 15 is 0 Å². The van der Waals surface area contributed by atoms with Crippen LogP contribution in [-0.4, -0.2) is 62.9 Å². The summed E-state index contributed by atoms with van der Waals surface area (Å²) in [4.78, 5) is 28.8. The molecule has 0 saturated carbocycles.